The second kappa shape index (κ2) is 7.72. The molecule has 1 aromatic carbocycles. The van der Waals surface area contributed by atoms with Crippen molar-refractivity contribution in [1.29, 1.82) is 5.26 Å². The molecular formula is C13H15N3O5. The van der Waals surface area contributed by atoms with Gasteiger partial charge in [0.25, 0.3) is 0 Å². The van der Waals surface area contributed by atoms with Gasteiger partial charge in [0.15, 0.2) is 6.04 Å². The topological polar surface area (TPSA) is 121 Å². The van der Waals surface area contributed by atoms with Crippen LogP contribution in [0.15, 0.2) is 18.2 Å². The Kier molecular flexibility index (Phi) is 5.98. The molecule has 0 saturated heterocycles. The molecule has 0 aromatic heterocycles. The molecule has 0 aliphatic rings. The summed E-state index contributed by atoms with van der Waals surface area (Å²) in [7, 11) is 2.72. The molecule has 0 fully saturated rings. The fourth-order valence-electron chi connectivity index (χ4n) is 1.57. The Bertz CT molecular complexity index is 567. The molecule has 0 spiro atoms. The number of carboxylic acids is 1. The van der Waals surface area contributed by atoms with Crippen LogP contribution in [0, 0.1) is 11.3 Å². The van der Waals surface area contributed by atoms with Crippen molar-refractivity contribution in [2.24, 2.45) is 0 Å². The fourth-order valence-corrected chi connectivity index (χ4v) is 1.57. The first-order chi connectivity index (χ1) is 10.0. The summed E-state index contributed by atoms with van der Waals surface area (Å²) in [6.07, 6.45) is 0. The summed E-state index contributed by atoms with van der Waals surface area (Å²) in [5, 5.41) is 22.6. The molecule has 1 aromatic rings. The predicted molar refractivity (Wildman–Crippen MR) is 73.2 cm³/mol. The molecule has 0 saturated carbocycles. The Balaban J connectivity index is 2.88. The van der Waals surface area contributed by atoms with Crippen molar-refractivity contribution >= 4 is 17.7 Å². The van der Waals surface area contributed by atoms with Gasteiger partial charge in [-0.3, -0.25) is 0 Å². The van der Waals surface area contributed by atoms with Gasteiger partial charge in [0.05, 0.1) is 19.3 Å². The number of carboxylic acid groups (broad SMARTS) is 1. The first-order valence-corrected chi connectivity index (χ1v) is 5.89. The highest BCUT2D eigenvalue weighted by atomic mass is 16.5. The van der Waals surface area contributed by atoms with E-state index in [0.29, 0.717) is 5.75 Å². The molecule has 112 valence electrons. The molecule has 0 aliphatic carbocycles. The van der Waals surface area contributed by atoms with Gasteiger partial charge in [0.2, 0.25) is 0 Å². The lowest BCUT2D eigenvalue weighted by atomic mass is 10.2. The minimum atomic E-state index is -1.23. The molecule has 3 N–H and O–H groups in total. The number of hydrogen-bond acceptors (Lipinski definition) is 5. The third-order valence-corrected chi connectivity index (χ3v) is 2.54. The Labute approximate surface area is 121 Å². The summed E-state index contributed by atoms with van der Waals surface area (Å²) in [6, 6.07) is 4.61. The number of nitrogens with one attached hydrogen (secondary N) is 2. The fraction of sp³-hybridized carbons (Fsp3) is 0.308. The van der Waals surface area contributed by atoms with E-state index in [9.17, 15) is 9.59 Å². The van der Waals surface area contributed by atoms with E-state index in [-0.39, 0.29) is 17.9 Å². The molecular weight excluding hydrogens is 278 g/mol. The number of amides is 2. The van der Waals surface area contributed by atoms with Gasteiger partial charge in [-0.25, -0.2) is 9.59 Å². The Morgan fingerprint density at radius 1 is 1.43 bits per heavy atom. The van der Waals surface area contributed by atoms with Crippen LogP contribution in [0.25, 0.3) is 0 Å². The molecule has 0 heterocycles. The van der Waals surface area contributed by atoms with Gasteiger partial charge in [0, 0.05) is 7.11 Å². The zero-order chi connectivity index (χ0) is 15.8. The van der Waals surface area contributed by atoms with Crippen LogP contribution in [0.1, 0.15) is 5.56 Å². The van der Waals surface area contributed by atoms with Gasteiger partial charge in [-0.2, -0.15) is 5.26 Å². The number of nitriles is 1. The number of methoxy groups -OCH3 is 2. The normalized spacial score (nSPS) is 11.1. The largest absolute Gasteiger partial charge is 0.495 e. The summed E-state index contributed by atoms with van der Waals surface area (Å²) in [6.45, 7) is -0.181. The van der Waals surface area contributed by atoms with E-state index >= 15 is 0 Å². The highest BCUT2D eigenvalue weighted by molar-refractivity contribution is 5.95. The molecule has 21 heavy (non-hydrogen) atoms. The van der Waals surface area contributed by atoms with Gasteiger partial charge in [-0.15, -0.1) is 0 Å². The van der Waals surface area contributed by atoms with Crippen molar-refractivity contribution in [2.45, 2.75) is 6.04 Å². The number of ether oxygens (including phenoxy) is 2. The smallest absolute Gasteiger partial charge is 0.328 e. The van der Waals surface area contributed by atoms with E-state index in [1.807, 2.05) is 6.07 Å². The number of rotatable bonds is 6. The van der Waals surface area contributed by atoms with E-state index in [1.54, 1.807) is 12.1 Å². The number of carbonyl (C=O) groups excluding carboxylic acids is 1. The third kappa shape index (κ3) is 4.36. The molecule has 8 nitrogen and oxygen atoms in total. The first-order valence-electron chi connectivity index (χ1n) is 5.89. The molecule has 2 amide bonds. The number of carbonyl (C=O) groups is 2. The number of hydrogen-bond donors (Lipinski definition) is 3. The molecule has 0 aliphatic heterocycles. The van der Waals surface area contributed by atoms with Gasteiger partial charge in [-0.1, -0.05) is 6.07 Å². The number of nitrogens with zero attached hydrogens (tertiary/aromatic N) is 1. The number of aliphatic carboxylic acids is 1. The van der Waals surface area contributed by atoms with Gasteiger partial charge >= 0.3 is 12.0 Å². The zero-order valence-electron chi connectivity index (χ0n) is 11.5. The minimum absolute atomic E-state index is 0.168. The standard InChI is InChI=1S/C13H15N3O5/c1-20-7-9(12(17)18)15-13(19)16-11-8(6-14)4-3-5-10(11)21-2/h3-5,9H,7H2,1-2H3,(H,17,18)(H2,15,16,19). The van der Waals surface area contributed by atoms with Crippen molar-refractivity contribution in [2.75, 3.05) is 26.1 Å². The molecule has 8 heteroatoms. The van der Waals surface area contributed by atoms with Gasteiger partial charge in [-0.05, 0) is 12.1 Å². The Hall–Kier alpha value is -2.79. The van der Waals surface area contributed by atoms with E-state index in [4.69, 9.17) is 19.8 Å². The maximum atomic E-state index is 11.8. The second-order valence-corrected chi connectivity index (χ2v) is 3.94. The van der Waals surface area contributed by atoms with Gasteiger partial charge in [0.1, 0.15) is 17.5 Å². The van der Waals surface area contributed by atoms with Crippen molar-refractivity contribution in [3.8, 4) is 11.8 Å². The predicted octanol–water partition coefficient (Wildman–Crippen LogP) is 0.788. The lowest BCUT2D eigenvalue weighted by Crippen LogP contribution is -2.45. The van der Waals surface area contributed by atoms with Crippen molar-refractivity contribution in [3.63, 3.8) is 0 Å². The maximum Gasteiger partial charge on any atom is 0.328 e. The van der Waals surface area contributed by atoms with Crippen molar-refractivity contribution in [3.05, 3.63) is 23.8 Å². The lowest BCUT2D eigenvalue weighted by Gasteiger charge is -2.16. The molecule has 1 unspecified atom stereocenters. The van der Waals surface area contributed by atoms with Crippen LogP contribution in [0.3, 0.4) is 0 Å². The SMILES string of the molecule is COCC(NC(=O)Nc1c(C#N)cccc1OC)C(=O)O. The van der Waals surface area contributed by atoms with E-state index in [1.165, 1.54) is 20.3 Å². The lowest BCUT2D eigenvalue weighted by molar-refractivity contribution is -0.140. The highest BCUT2D eigenvalue weighted by Gasteiger charge is 2.21. The highest BCUT2D eigenvalue weighted by Crippen LogP contribution is 2.27. The number of benzene rings is 1. The maximum absolute atomic E-state index is 11.8. The Morgan fingerprint density at radius 2 is 2.14 bits per heavy atom. The summed E-state index contributed by atoms with van der Waals surface area (Å²) < 4.78 is 9.76. The number of urea groups is 1. The molecule has 0 radical (unpaired) electrons. The van der Waals surface area contributed by atoms with Crippen LogP contribution >= 0.6 is 0 Å². The second-order valence-electron chi connectivity index (χ2n) is 3.94. The molecule has 0 bridgehead atoms. The zero-order valence-corrected chi connectivity index (χ0v) is 11.5. The Morgan fingerprint density at radius 3 is 2.67 bits per heavy atom. The summed E-state index contributed by atoms with van der Waals surface area (Å²) in [4.78, 5) is 22.8. The van der Waals surface area contributed by atoms with Gasteiger partial charge < -0.3 is 25.2 Å². The third-order valence-electron chi connectivity index (χ3n) is 2.54. The summed E-state index contributed by atoms with van der Waals surface area (Å²) in [5.41, 5.74) is 0.365. The molecule has 1 atom stereocenters. The van der Waals surface area contributed by atoms with Crippen LogP contribution < -0.4 is 15.4 Å². The average Bonchev–Trinajstić information content (AvgIpc) is 2.46. The number of anilines is 1. The summed E-state index contributed by atoms with van der Waals surface area (Å²) >= 11 is 0. The van der Waals surface area contributed by atoms with Crippen LogP contribution in [0.4, 0.5) is 10.5 Å². The minimum Gasteiger partial charge on any atom is -0.495 e. The van der Waals surface area contributed by atoms with Crippen LogP contribution in [-0.2, 0) is 9.53 Å². The average molecular weight is 293 g/mol. The van der Waals surface area contributed by atoms with Crippen molar-refractivity contribution in [1.82, 2.24) is 5.32 Å². The van der Waals surface area contributed by atoms with E-state index < -0.39 is 18.0 Å². The van der Waals surface area contributed by atoms with E-state index in [2.05, 4.69) is 10.6 Å². The first kappa shape index (κ1) is 16.3. The van der Waals surface area contributed by atoms with Crippen LogP contribution in [-0.4, -0.2) is 44.0 Å². The van der Waals surface area contributed by atoms with Crippen molar-refractivity contribution < 1.29 is 24.2 Å². The van der Waals surface area contributed by atoms with Crippen LogP contribution in [0.2, 0.25) is 0 Å². The monoisotopic (exact) mass is 293 g/mol. The molecule has 1 rings (SSSR count). The van der Waals surface area contributed by atoms with Crippen LogP contribution in [0.5, 0.6) is 5.75 Å². The quantitative estimate of drug-likeness (QED) is 0.713. The van der Waals surface area contributed by atoms with E-state index in [0.717, 1.165) is 0 Å². The number of para-hydroxylation sites is 1. The summed E-state index contributed by atoms with van der Waals surface area (Å²) in [5.74, 6) is -0.935.